The van der Waals surface area contributed by atoms with Gasteiger partial charge in [0.25, 0.3) is 0 Å². The van der Waals surface area contributed by atoms with E-state index in [0.29, 0.717) is 5.69 Å². The molecule has 1 fully saturated rings. The Balaban J connectivity index is 2.31. The second-order valence-corrected chi connectivity index (χ2v) is 4.26. The number of rotatable bonds is 3. The van der Waals surface area contributed by atoms with E-state index in [4.69, 9.17) is 5.11 Å². The number of hydrogen-bond donors (Lipinski definition) is 1. The van der Waals surface area contributed by atoms with Crippen molar-refractivity contribution in [1.82, 2.24) is 4.98 Å². The average molecular weight is 260 g/mol. The second-order valence-electron chi connectivity index (χ2n) is 4.26. The Labute approximate surface area is 109 Å². The van der Waals surface area contributed by atoms with Crippen molar-refractivity contribution < 1.29 is 19.5 Å². The molecule has 0 spiro atoms. The maximum atomic E-state index is 11.8. The third-order valence-corrected chi connectivity index (χ3v) is 2.75. The molecule has 2 heterocycles. The number of anilines is 1. The summed E-state index contributed by atoms with van der Waals surface area (Å²) in [7, 11) is 0. The number of amides is 2. The van der Waals surface area contributed by atoms with Crippen LogP contribution in [0.5, 0.6) is 0 Å². The topological polar surface area (TPSA) is 87.6 Å². The van der Waals surface area contributed by atoms with E-state index >= 15 is 0 Å². The lowest BCUT2D eigenvalue weighted by Crippen LogP contribution is -2.30. The Morgan fingerprint density at radius 3 is 2.79 bits per heavy atom. The van der Waals surface area contributed by atoms with Crippen molar-refractivity contribution >= 4 is 29.7 Å². The first-order valence-corrected chi connectivity index (χ1v) is 5.74. The zero-order valence-corrected chi connectivity index (χ0v) is 10.2. The van der Waals surface area contributed by atoms with Crippen molar-refractivity contribution in [3.63, 3.8) is 0 Å². The summed E-state index contributed by atoms with van der Waals surface area (Å²) in [5.74, 6) is -1.77. The Kier molecular flexibility index (Phi) is 3.41. The van der Waals surface area contributed by atoms with Crippen LogP contribution in [-0.4, -0.2) is 27.9 Å². The van der Waals surface area contributed by atoms with Gasteiger partial charge in [0.2, 0.25) is 11.8 Å². The summed E-state index contributed by atoms with van der Waals surface area (Å²) in [5, 5.41) is 8.54. The van der Waals surface area contributed by atoms with Crippen LogP contribution in [0, 0.1) is 5.92 Å². The molecule has 0 saturated carbocycles. The fourth-order valence-electron chi connectivity index (χ4n) is 1.84. The molecule has 1 unspecified atom stereocenters. The van der Waals surface area contributed by atoms with Gasteiger partial charge in [0.15, 0.2) is 0 Å². The summed E-state index contributed by atoms with van der Waals surface area (Å²) >= 11 is 0. The molecule has 98 valence electrons. The van der Waals surface area contributed by atoms with Gasteiger partial charge in [-0.25, -0.2) is 14.7 Å². The lowest BCUT2D eigenvalue weighted by atomic mass is 10.1. The summed E-state index contributed by atoms with van der Waals surface area (Å²) in [5.41, 5.74) is 0.375. The van der Waals surface area contributed by atoms with E-state index in [1.54, 1.807) is 25.1 Å². The largest absolute Gasteiger partial charge is 0.478 e. The third-order valence-electron chi connectivity index (χ3n) is 2.75. The molecule has 1 aliphatic rings. The van der Waals surface area contributed by atoms with Gasteiger partial charge < -0.3 is 5.11 Å². The van der Waals surface area contributed by atoms with Crippen LogP contribution in [-0.2, 0) is 14.4 Å². The van der Waals surface area contributed by atoms with Crippen LogP contribution in [0.2, 0.25) is 0 Å². The third kappa shape index (κ3) is 2.67. The molecular weight excluding hydrogens is 248 g/mol. The lowest BCUT2D eigenvalue weighted by Gasteiger charge is -2.13. The molecule has 1 atom stereocenters. The number of carbonyl (C=O) groups excluding carboxylic acids is 2. The van der Waals surface area contributed by atoms with Crippen LogP contribution in [0.4, 0.5) is 5.82 Å². The molecular formula is C13H12N2O4. The predicted molar refractivity (Wildman–Crippen MR) is 67.2 cm³/mol. The molecule has 0 bridgehead atoms. The lowest BCUT2D eigenvalue weighted by molar-refractivity contribution is -0.131. The highest BCUT2D eigenvalue weighted by molar-refractivity contribution is 6.20. The molecule has 0 aromatic carbocycles. The highest BCUT2D eigenvalue weighted by Gasteiger charge is 2.37. The molecule has 1 aromatic rings. The number of nitrogens with zero attached hydrogens (tertiary/aromatic N) is 2. The molecule has 0 aliphatic carbocycles. The summed E-state index contributed by atoms with van der Waals surface area (Å²) in [6.07, 6.45) is 2.43. The molecule has 0 radical (unpaired) electrons. The van der Waals surface area contributed by atoms with Crippen LogP contribution >= 0.6 is 0 Å². The van der Waals surface area contributed by atoms with Gasteiger partial charge in [0.1, 0.15) is 5.82 Å². The van der Waals surface area contributed by atoms with Crippen LogP contribution in [0.1, 0.15) is 19.0 Å². The zero-order valence-electron chi connectivity index (χ0n) is 10.2. The van der Waals surface area contributed by atoms with E-state index in [-0.39, 0.29) is 30.0 Å². The van der Waals surface area contributed by atoms with E-state index in [2.05, 4.69) is 4.98 Å². The standard InChI is InChI=1S/C13H12N2O4/c1-8-7-11(16)15(13(8)19)10-4-2-3-9(14-10)5-6-12(17)18/h2-6,8H,7H2,1H3,(H,17,18)/b6-5+. The van der Waals surface area contributed by atoms with Gasteiger partial charge in [0, 0.05) is 18.4 Å². The number of carboxylic acid groups (broad SMARTS) is 1. The van der Waals surface area contributed by atoms with E-state index in [9.17, 15) is 14.4 Å². The van der Waals surface area contributed by atoms with Gasteiger partial charge in [0.05, 0.1) is 5.69 Å². The number of pyridine rings is 1. The van der Waals surface area contributed by atoms with E-state index in [1.165, 1.54) is 6.08 Å². The van der Waals surface area contributed by atoms with Gasteiger partial charge in [-0.05, 0) is 18.2 Å². The van der Waals surface area contributed by atoms with Crippen molar-refractivity contribution in [2.24, 2.45) is 5.92 Å². The minimum absolute atomic E-state index is 0.176. The summed E-state index contributed by atoms with van der Waals surface area (Å²) < 4.78 is 0. The molecule has 1 aliphatic heterocycles. The zero-order chi connectivity index (χ0) is 14.0. The summed E-state index contributed by atoms with van der Waals surface area (Å²) in [6.45, 7) is 1.69. The Morgan fingerprint density at radius 1 is 1.47 bits per heavy atom. The van der Waals surface area contributed by atoms with Gasteiger partial charge in [-0.15, -0.1) is 0 Å². The predicted octanol–water partition coefficient (Wildman–Crippen LogP) is 1.08. The smallest absolute Gasteiger partial charge is 0.328 e. The molecule has 19 heavy (non-hydrogen) atoms. The van der Waals surface area contributed by atoms with Crippen molar-refractivity contribution in [2.75, 3.05) is 4.90 Å². The van der Waals surface area contributed by atoms with Crippen molar-refractivity contribution in [3.05, 3.63) is 30.0 Å². The van der Waals surface area contributed by atoms with Crippen LogP contribution < -0.4 is 4.90 Å². The minimum atomic E-state index is -1.09. The highest BCUT2D eigenvalue weighted by atomic mass is 16.4. The van der Waals surface area contributed by atoms with Crippen molar-refractivity contribution in [2.45, 2.75) is 13.3 Å². The molecule has 1 aromatic heterocycles. The van der Waals surface area contributed by atoms with Gasteiger partial charge >= 0.3 is 5.97 Å². The molecule has 1 N–H and O–H groups in total. The Bertz CT molecular complexity index is 580. The Morgan fingerprint density at radius 2 is 2.21 bits per heavy atom. The van der Waals surface area contributed by atoms with Crippen molar-refractivity contribution in [1.29, 1.82) is 0 Å². The number of hydrogen-bond acceptors (Lipinski definition) is 4. The molecule has 1 saturated heterocycles. The van der Waals surface area contributed by atoms with Crippen molar-refractivity contribution in [3.8, 4) is 0 Å². The molecule has 2 amide bonds. The maximum Gasteiger partial charge on any atom is 0.328 e. The van der Waals surface area contributed by atoms with E-state index in [0.717, 1.165) is 11.0 Å². The molecule has 6 heteroatoms. The van der Waals surface area contributed by atoms with Crippen LogP contribution in [0.15, 0.2) is 24.3 Å². The van der Waals surface area contributed by atoms with Gasteiger partial charge in [-0.3, -0.25) is 9.59 Å². The van der Waals surface area contributed by atoms with Crippen LogP contribution in [0.3, 0.4) is 0 Å². The quantitative estimate of drug-likeness (QED) is 0.649. The first kappa shape index (κ1) is 12.9. The fourth-order valence-corrected chi connectivity index (χ4v) is 1.84. The first-order chi connectivity index (χ1) is 8.99. The summed E-state index contributed by atoms with van der Waals surface area (Å²) in [6, 6.07) is 4.76. The summed E-state index contributed by atoms with van der Waals surface area (Å²) in [4.78, 5) is 39.1. The maximum absolute atomic E-state index is 11.8. The number of imide groups is 1. The van der Waals surface area contributed by atoms with E-state index in [1.807, 2.05) is 0 Å². The Hall–Kier alpha value is -2.50. The minimum Gasteiger partial charge on any atom is -0.478 e. The molecule has 6 nitrogen and oxygen atoms in total. The SMILES string of the molecule is CC1CC(=O)N(c2cccc(/C=C/C(=O)O)n2)C1=O. The highest BCUT2D eigenvalue weighted by Crippen LogP contribution is 2.24. The fraction of sp³-hybridized carbons (Fsp3) is 0.231. The average Bonchev–Trinajstić information content (AvgIpc) is 2.61. The number of carboxylic acids is 1. The van der Waals surface area contributed by atoms with E-state index < -0.39 is 5.97 Å². The van der Waals surface area contributed by atoms with Gasteiger partial charge in [-0.1, -0.05) is 13.0 Å². The van der Waals surface area contributed by atoms with Crippen LogP contribution in [0.25, 0.3) is 6.08 Å². The number of carbonyl (C=O) groups is 3. The number of aromatic nitrogens is 1. The monoisotopic (exact) mass is 260 g/mol. The van der Waals surface area contributed by atoms with Gasteiger partial charge in [-0.2, -0.15) is 0 Å². The normalized spacial score (nSPS) is 19.4. The second kappa shape index (κ2) is 5.01. The number of aliphatic carboxylic acids is 1. The molecule has 2 rings (SSSR count). The first-order valence-electron chi connectivity index (χ1n) is 5.74.